The Morgan fingerprint density at radius 3 is 1.80 bits per heavy atom. The van der Waals surface area contributed by atoms with Gasteiger partial charge in [-0.05, 0) is 165 Å². The van der Waals surface area contributed by atoms with E-state index in [4.69, 9.17) is 0 Å². The average molecular weight is 898 g/mol. The molecule has 342 valence electrons. The Bertz CT molecular complexity index is 2910. The zero-order valence-electron chi connectivity index (χ0n) is 40.9. The summed E-state index contributed by atoms with van der Waals surface area (Å²) in [6.45, 7) is 24.6. The third-order valence-electron chi connectivity index (χ3n) is 13.3. The Hall–Kier alpha value is -6.13. The molecule has 0 unspecified atom stereocenters. The Balaban J connectivity index is 1.30. The van der Waals surface area contributed by atoms with Crippen molar-refractivity contribution in [2.45, 2.75) is 66.7 Å². The SMILES string of the molecule is C=C(C)C(=O)NCCCNCc1c2ccccc2c(CNCCCNC(=O)C(=C)C)c2cc(-c3cc(C)c(C4=C5C=CC(=[N+](C)C)C=C5[Si](C)(C)c5cc(N(C)C)ccc54)cc3C)ccc12. The molecule has 4 N–H and O–H groups in total. The number of fused-ring (bicyclic) bond motifs is 4. The van der Waals surface area contributed by atoms with Gasteiger partial charge in [-0.25, -0.2) is 4.58 Å². The fraction of sp³-hybridized carbons (Fsp3) is 0.316. The molecule has 0 aromatic heterocycles. The lowest BCUT2D eigenvalue weighted by atomic mass is 9.84. The summed E-state index contributed by atoms with van der Waals surface area (Å²) in [6.07, 6.45) is 8.72. The Morgan fingerprint density at radius 1 is 0.667 bits per heavy atom. The molecule has 0 atom stereocenters. The van der Waals surface area contributed by atoms with Gasteiger partial charge in [0.1, 0.15) is 22.2 Å². The zero-order chi connectivity index (χ0) is 47.4. The molecule has 0 spiro atoms. The van der Waals surface area contributed by atoms with Gasteiger partial charge in [0.2, 0.25) is 11.8 Å². The monoisotopic (exact) mass is 898 g/mol. The molecule has 1 aliphatic carbocycles. The second-order valence-corrected chi connectivity index (χ2v) is 23.5. The molecule has 9 heteroatoms. The van der Waals surface area contributed by atoms with Crippen molar-refractivity contribution in [1.29, 1.82) is 0 Å². The van der Waals surface area contributed by atoms with Crippen molar-refractivity contribution < 1.29 is 14.2 Å². The van der Waals surface area contributed by atoms with E-state index in [0.717, 1.165) is 25.9 Å². The van der Waals surface area contributed by atoms with Crippen molar-refractivity contribution in [3.05, 3.63) is 159 Å². The highest BCUT2D eigenvalue weighted by Crippen LogP contribution is 2.44. The normalized spacial score (nSPS) is 13.9. The number of aryl methyl sites for hydroxylation is 2. The van der Waals surface area contributed by atoms with E-state index in [-0.39, 0.29) is 11.8 Å². The number of anilines is 1. The smallest absolute Gasteiger partial charge is 0.246 e. The van der Waals surface area contributed by atoms with Gasteiger partial charge >= 0.3 is 0 Å². The maximum atomic E-state index is 12.1. The Labute approximate surface area is 394 Å². The van der Waals surface area contributed by atoms with Gasteiger partial charge in [0, 0.05) is 69.3 Å². The summed E-state index contributed by atoms with van der Waals surface area (Å²) in [4.78, 5) is 26.4. The molecule has 8 nitrogen and oxygen atoms in total. The Kier molecular flexibility index (Phi) is 14.6. The minimum absolute atomic E-state index is 0.102. The standard InChI is InChI=1S/C57H68N6O2Si/c1-36(2)56(64)60-27-15-25-58-34-51-43-17-13-14-18-44(43)52(35-59-26-16-28-61-57(65)37(3)4)50-31-40(19-22-45(50)51)48-29-39(6)49(30-38(48)5)55-46-23-20-41(62(7)8)32-53(46)66(11,12)54-33-42(63(9)10)21-24-47(54)55/h13-14,17-24,29-33,58-59H,1,3,15-16,25-28,34-35H2,2,4-12H3,(H-,60,61,64,65)/p+1. The zero-order valence-corrected chi connectivity index (χ0v) is 41.9. The molecular weight excluding hydrogens is 829 g/mol. The molecule has 0 saturated heterocycles. The van der Waals surface area contributed by atoms with Gasteiger partial charge in [0.05, 0.1) is 0 Å². The summed E-state index contributed by atoms with van der Waals surface area (Å²) in [5.74, 6) is -0.205. The fourth-order valence-corrected chi connectivity index (χ4v) is 12.6. The number of carbonyl (C=O) groups excluding carboxylic acids is 2. The molecule has 7 rings (SSSR count). The molecule has 0 saturated carbocycles. The average Bonchev–Trinajstić information content (AvgIpc) is 3.29. The first-order valence-corrected chi connectivity index (χ1v) is 26.4. The van der Waals surface area contributed by atoms with Crippen LogP contribution in [0.2, 0.25) is 13.1 Å². The predicted octanol–water partition coefficient (Wildman–Crippen LogP) is 9.17. The summed E-state index contributed by atoms with van der Waals surface area (Å²) in [6, 6.07) is 27.7. The van der Waals surface area contributed by atoms with Crippen molar-refractivity contribution in [1.82, 2.24) is 21.3 Å². The van der Waals surface area contributed by atoms with Crippen molar-refractivity contribution in [2.75, 3.05) is 59.3 Å². The van der Waals surface area contributed by atoms with E-state index in [1.807, 2.05) is 0 Å². The third kappa shape index (κ3) is 9.85. The summed E-state index contributed by atoms with van der Waals surface area (Å²) in [5, 5.41) is 21.2. The molecule has 5 aromatic rings. The molecule has 0 bridgehead atoms. The van der Waals surface area contributed by atoms with Crippen LogP contribution >= 0.6 is 0 Å². The van der Waals surface area contributed by atoms with Crippen LogP contribution in [0.3, 0.4) is 0 Å². The summed E-state index contributed by atoms with van der Waals surface area (Å²) in [5.41, 5.74) is 16.2. The lowest BCUT2D eigenvalue weighted by Crippen LogP contribution is -2.49. The van der Waals surface area contributed by atoms with Crippen molar-refractivity contribution in [3.8, 4) is 11.1 Å². The van der Waals surface area contributed by atoms with E-state index in [2.05, 4.69) is 190 Å². The van der Waals surface area contributed by atoms with Crippen LogP contribution in [-0.2, 0) is 22.7 Å². The van der Waals surface area contributed by atoms with Crippen LogP contribution in [0.15, 0.2) is 126 Å². The number of carbonyl (C=O) groups is 2. The quantitative estimate of drug-likeness (QED) is 0.0246. The number of benzene rings is 5. The lowest BCUT2D eigenvalue weighted by molar-refractivity contribution is -0.462. The molecule has 1 heterocycles. The minimum atomic E-state index is -2.08. The van der Waals surface area contributed by atoms with E-state index in [1.54, 1.807) is 13.8 Å². The first-order valence-electron chi connectivity index (χ1n) is 23.4. The van der Waals surface area contributed by atoms with E-state index in [0.29, 0.717) is 37.3 Å². The second-order valence-electron chi connectivity index (χ2n) is 19.1. The molecule has 0 fully saturated rings. The Morgan fingerprint density at radius 2 is 1.23 bits per heavy atom. The van der Waals surface area contributed by atoms with Crippen LogP contribution in [0.5, 0.6) is 0 Å². The maximum Gasteiger partial charge on any atom is 0.246 e. The highest BCUT2D eigenvalue weighted by atomic mass is 28.3. The number of hydrogen-bond donors (Lipinski definition) is 4. The first-order chi connectivity index (χ1) is 31.5. The van der Waals surface area contributed by atoms with Crippen LogP contribution in [0, 0.1) is 13.8 Å². The lowest BCUT2D eigenvalue weighted by Gasteiger charge is -2.38. The minimum Gasteiger partial charge on any atom is -0.378 e. The van der Waals surface area contributed by atoms with Crippen LogP contribution in [0.25, 0.3) is 38.2 Å². The third-order valence-corrected chi connectivity index (χ3v) is 16.9. The van der Waals surface area contributed by atoms with Crippen LogP contribution < -0.4 is 31.4 Å². The largest absolute Gasteiger partial charge is 0.378 e. The number of nitrogens with one attached hydrogen (secondary N) is 4. The van der Waals surface area contributed by atoms with Gasteiger partial charge in [-0.15, -0.1) is 0 Å². The highest BCUT2D eigenvalue weighted by Gasteiger charge is 2.40. The molecule has 2 aliphatic rings. The van der Waals surface area contributed by atoms with Crippen molar-refractivity contribution in [2.24, 2.45) is 0 Å². The van der Waals surface area contributed by atoms with Gasteiger partial charge in [-0.3, -0.25) is 9.59 Å². The van der Waals surface area contributed by atoms with Crippen LogP contribution in [0.4, 0.5) is 5.69 Å². The highest BCUT2D eigenvalue weighted by molar-refractivity contribution is 6.98. The summed E-state index contributed by atoms with van der Waals surface area (Å²) < 4.78 is 2.22. The van der Waals surface area contributed by atoms with E-state index < -0.39 is 8.07 Å². The molecule has 1 aliphatic heterocycles. The molecule has 2 amide bonds. The molecule has 66 heavy (non-hydrogen) atoms. The van der Waals surface area contributed by atoms with Crippen molar-refractivity contribution in [3.63, 3.8) is 0 Å². The molecule has 0 radical (unpaired) electrons. The van der Waals surface area contributed by atoms with E-state index in [9.17, 15) is 9.59 Å². The van der Waals surface area contributed by atoms with E-state index >= 15 is 0 Å². The number of allylic oxidation sites excluding steroid dienone is 5. The molecular formula is C57H69N6O2Si+. The van der Waals surface area contributed by atoms with Gasteiger partial charge in [0.15, 0.2) is 5.71 Å². The topological polar surface area (TPSA) is 88.5 Å². The predicted molar refractivity (Wildman–Crippen MR) is 283 cm³/mol. The number of rotatable bonds is 17. The summed E-state index contributed by atoms with van der Waals surface area (Å²) in [7, 11) is 6.45. The first kappa shape index (κ1) is 47.8. The molecule has 5 aromatic carbocycles. The fourth-order valence-electron chi connectivity index (χ4n) is 9.53. The summed E-state index contributed by atoms with van der Waals surface area (Å²) >= 11 is 0. The number of hydrogen-bond acceptors (Lipinski definition) is 5. The van der Waals surface area contributed by atoms with Gasteiger partial charge in [-0.1, -0.05) is 80.8 Å². The van der Waals surface area contributed by atoms with E-state index in [1.165, 1.54) is 99.0 Å². The maximum absolute atomic E-state index is 12.1. The van der Waals surface area contributed by atoms with Crippen LogP contribution in [0.1, 0.15) is 60.1 Å². The van der Waals surface area contributed by atoms with Crippen molar-refractivity contribution >= 4 is 63.6 Å². The number of nitrogens with zero attached hydrogens (tertiary/aromatic N) is 2. The number of amides is 2. The van der Waals surface area contributed by atoms with Crippen LogP contribution in [-0.4, -0.2) is 84.5 Å². The second kappa shape index (κ2) is 20.2. The van der Waals surface area contributed by atoms with Gasteiger partial charge < -0.3 is 26.2 Å². The van der Waals surface area contributed by atoms with Gasteiger partial charge in [0.25, 0.3) is 0 Å². The van der Waals surface area contributed by atoms with Gasteiger partial charge in [-0.2, -0.15) is 0 Å².